The molecule has 0 aromatic heterocycles. The number of unbranched alkanes of at least 4 members (excludes halogenated alkanes) is 46. The van der Waals surface area contributed by atoms with Gasteiger partial charge in [0.15, 0.2) is 0 Å². The van der Waals surface area contributed by atoms with Gasteiger partial charge < -0.3 is 0 Å². The summed E-state index contributed by atoms with van der Waals surface area (Å²) in [5.74, 6) is 0.963. The Morgan fingerprint density at radius 3 is 0.407 bits per heavy atom. The summed E-state index contributed by atoms with van der Waals surface area (Å²) in [5.41, 5.74) is 0. The van der Waals surface area contributed by atoms with Crippen molar-refractivity contribution in [2.24, 2.45) is 5.92 Å². The van der Waals surface area contributed by atoms with Crippen LogP contribution in [0.2, 0.25) is 0 Å². The van der Waals surface area contributed by atoms with Crippen LogP contribution in [0.3, 0.4) is 0 Å². The van der Waals surface area contributed by atoms with E-state index in [2.05, 4.69) is 20.8 Å². The second kappa shape index (κ2) is 51.0. The van der Waals surface area contributed by atoms with Crippen LogP contribution in [0.4, 0.5) is 0 Å². The molecule has 0 heteroatoms. The van der Waals surface area contributed by atoms with Crippen LogP contribution in [-0.4, -0.2) is 0 Å². The Labute approximate surface area is 346 Å². The van der Waals surface area contributed by atoms with E-state index >= 15 is 0 Å². The van der Waals surface area contributed by atoms with Crippen LogP contribution in [0.1, 0.15) is 342 Å². The highest BCUT2D eigenvalue weighted by atomic mass is 14.1. The molecule has 0 N–H and O–H groups in total. The number of hydrogen-bond donors (Lipinski definition) is 0. The van der Waals surface area contributed by atoms with Gasteiger partial charge in [-0.05, 0) is 5.92 Å². The zero-order valence-electron chi connectivity index (χ0n) is 38.9. The van der Waals surface area contributed by atoms with E-state index in [-0.39, 0.29) is 0 Å². The summed E-state index contributed by atoms with van der Waals surface area (Å²) in [6.07, 6.45) is 74.2. The van der Waals surface area contributed by atoms with Crippen molar-refractivity contribution in [3.8, 4) is 0 Å². The largest absolute Gasteiger partial charge is 0.0654 e. The van der Waals surface area contributed by atoms with E-state index in [0.717, 1.165) is 5.92 Å². The van der Waals surface area contributed by atoms with Crippen molar-refractivity contribution in [3.05, 3.63) is 0 Å². The maximum atomic E-state index is 2.52. The normalized spacial score (nSPS) is 12.3. The molecule has 0 spiro atoms. The van der Waals surface area contributed by atoms with Gasteiger partial charge >= 0.3 is 0 Å². The molecule has 0 fully saturated rings. The van der Waals surface area contributed by atoms with Gasteiger partial charge in [-0.25, -0.2) is 0 Å². The molecular weight excluding hydrogens is 649 g/mol. The van der Waals surface area contributed by atoms with Crippen molar-refractivity contribution in [2.75, 3.05) is 0 Å². The van der Waals surface area contributed by atoms with E-state index in [1.807, 2.05) is 0 Å². The molecular formula is C54H110. The van der Waals surface area contributed by atoms with Gasteiger partial charge in [-0.3, -0.25) is 0 Å². The van der Waals surface area contributed by atoms with E-state index in [1.165, 1.54) is 321 Å². The highest BCUT2D eigenvalue weighted by molar-refractivity contribution is 4.57. The molecule has 0 rings (SSSR count). The smallest absolute Gasteiger partial charge is 0.0443 e. The van der Waals surface area contributed by atoms with E-state index < -0.39 is 0 Å². The molecule has 0 radical (unpaired) electrons. The molecule has 0 saturated heterocycles. The Balaban J connectivity index is 3.13. The van der Waals surface area contributed by atoms with Crippen molar-refractivity contribution < 1.29 is 0 Å². The van der Waals surface area contributed by atoms with E-state index in [4.69, 9.17) is 0 Å². The van der Waals surface area contributed by atoms with Gasteiger partial charge in [-0.1, -0.05) is 342 Å². The average Bonchev–Trinajstić information content (AvgIpc) is 3.18. The molecule has 0 heterocycles. The van der Waals surface area contributed by atoms with Crippen LogP contribution in [0.25, 0.3) is 0 Å². The summed E-state index contributed by atoms with van der Waals surface area (Å²) in [5, 5.41) is 0. The first-order chi connectivity index (χ1) is 26.8. The van der Waals surface area contributed by atoms with Gasteiger partial charge in [0, 0.05) is 0 Å². The third-order valence-corrected chi connectivity index (χ3v) is 13.1. The van der Waals surface area contributed by atoms with E-state index in [1.54, 1.807) is 0 Å². The maximum absolute atomic E-state index is 2.52. The quantitative estimate of drug-likeness (QED) is 0.0542. The molecule has 0 bridgehead atoms. The predicted molar refractivity (Wildman–Crippen MR) is 251 cm³/mol. The molecule has 54 heavy (non-hydrogen) atoms. The average molecular weight is 759 g/mol. The van der Waals surface area contributed by atoms with Crippen molar-refractivity contribution in [3.63, 3.8) is 0 Å². The molecule has 0 amide bonds. The standard InChI is InChI=1S/C54H110/c1-4-6-8-10-12-14-16-18-20-22-24-25-26-27-28-29-30-31-32-33-34-35-37-39-41-43-45-47-49-51-53-54(3)52-50-48-46-44-42-40-38-36-23-21-19-17-15-13-11-9-7-5-2/h54H,4-53H2,1-3H3. The third kappa shape index (κ3) is 50.0. The van der Waals surface area contributed by atoms with E-state index in [9.17, 15) is 0 Å². The molecule has 0 aliphatic rings. The Morgan fingerprint density at radius 1 is 0.167 bits per heavy atom. The topological polar surface area (TPSA) is 0 Å². The lowest BCUT2D eigenvalue weighted by Gasteiger charge is -2.11. The summed E-state index contributed by atoms with van der Waals surface area (Å²) in [4.78, 5) is 0. The van der Waals surface area contributed by atoms with Crippen molar-refractivity contribution in [2.45, 2.75) is 342 Å². The van der Waals surface area contributed by atoms with Crippen LogP contribution in [0.15, 0.2) is 0 Å². The molecule has 0 saturated carbocycles. The van der Waals surface area contributed by atoms with Gasteiger partial charge in [-0.2, -0.15) is 0 Å². The lowest BCUT2D eigenvalue weighted by Crippen LogP contribution is -1.95. The van der Waals surface area contributed by atoms with Gasteiger partial charge in [0.25, 0.3) is 0 Å². The van der Waals surface area contributed by atoms with Crippen molar-refractivity contribution >= 4 is 0 Å². The Morgan fingerprint density at radius 2 is 0.278 bits per heavy atom. The molecule has 0 nitrogen and oxygen atoms in total. The molecule has 1 unspecified atom stereocenters. The van der Waals surface area contributed by atoms with E-state index in [0.29, 0.717) is 0 Å². The minimum absolute atomic E-state index is 0.963. The summed E-state index contributed by atoms with van der Waals surface area (Å²) >= 11 is 0. The fraction of sp³-hybridized carbons (Fsp3) is 1.00. The highest BCUT2D eigenvalue weighted by Crippen LogP contribution is 2.21. The monoisotopic (exact) mass is 759 g/mol. The molecule has 0 aliphatic heterocycles. The number of rotatable bonds is 50. The second-order valence-corrected chi connectivity index (χ2v) is 18.9. The number of hydrogen-bond acceptors (Lipinski definition) is 0. The first-order valence-corrected chi connectivity index (χ1v) is 26.8. The van der Waals surface area contributed by atoms with Crippen molar-refractivity contribution in [1.29, 1.82) is 0 Å². The Bertz CT molecular complexity index is 607. The van der Waals surface area contributed by atoms with Gasteiger partial charge in [0.1, 0.15) is 0 Å². The lowest BCUT2D eigenvalue weighted by molar-refractivity contribution is 0.429. The minimum atomic E-state index is 0.963. The van der Waals surface area contributed by atoms with Gasteiger partial charge in [-0.15, -0.1) is 0 Å². The van der Waals surface area contributed by atoms with Gasteiger partial charge in [0.2, 0.25) is 0 Å². The molecule has 0 aromatic carbocycles. The minimum Gasteiger partial charge on any atom is -0.0654 e. The SMILES string of the molecule is CCCCCCCCCCCCCCCCCCCCCCCCCCCCCCCCC(C)CCCCCCCCCCCCCCCCCCCC. The summed E-state index contributed by atoms with van der Waals surface area (Å²) in [7, 11) is 0. The maximum Gasteiger partial charge on any atom is -0.0443 e. The van der Waals surface area contributed by atoms with Crippen molar-refractivity contribution in [1.82, 2.24) is 0 Å². The fourth-order valence-electron chi connectivity index (χ4n) is 9.05. The molecule has 0 aromatic rings. The Hall–Kier alpha value is 0. The fourth-order valence-corrected chi connectivity index (χ4v) is 9.05. The molecule has 1 atom stereocenters. The summed E-state index contributed by atoms with van der Waals surface area (Å²) in [6.45, 7) is 7.15. The molecule has 0 aliphatic carbocycles. The summed E-state index contributed by atoms with van der Waals surface area (Å²) in [6, 6.07) is 0. The van der Waals surface area contributed by atoms with Crippen LogP contribution in [-0.2, 0) is 0 Å². The second-order valence-electron chi connectivity index (χ2n) is 18.9. The van der Waals surface area contributed by atoms with Crippen LogP contribution < -0.4 is 0 Å². The summed E-state index contributed by atoms with van der Waals surface area (Å²) < 4.78 is 0. The first-order valence-electron chi connectivity index (χ1n) is 26.8. The lowest BCUT2D eigenvalue weighted by atomic mass is 9.95. The van der Waals surface area contributed by atoms with Crippen LogP contribution in [0, 0.1) is 5.92 Å². The van der Waals surface area contributed by atoms with Crippen LogP contribution in [0.5, 0.6) is 0 Å². The highest BCUT2D eigenvalue weighted by Gasteiger charge is 2.03. The first kappa shape index (κ1) is 54.0. The third-order valence-electron chi connectivity index (χ3n) is 13.1. The zero-order valence-corrected chi connectivity index (χ0v) is 38.9. The Kier molecular flexibility index (Phi) is 51.0. The van der Waals surface area contributed by atoms with Gasteiger partial charge in [0.05, 0.1) is 0 Å². The van der Waals surface area contributed by atoms with Crippen LogP contribution >= 0.6 is 0 Å². The zero-order chi connectivity index (χ0) is 38.9. The molecule has 326 valence electrons. The predicted octanol–water partition coefficient (Wildman–Crippen LogP) is 21.2.